The van der Waals surface area contributed by atoms with Gasteiger partial charge < -0.3 is 16.0 Å². The highest BCUT2D eigenvalue weighted by atomic mass is 16.2. The lowest BCUT2D eigenvalue weighted by atomic mass is 10.1. The molecule has 1 amide bonds. The predicted octanol–water partition coefficient (Wildman–Crippen LogP) is 0.792. The van der Waals surface area contributed by atoms with Gasteiger partial charge in [-0.2, -0.15) is 0 Å². The fourth-order valence-electron chi connectivity index (χ4n) is 2.06. The molecule has 0 atom stereocenters. The quantitative estimate of drug-likeness (QED) is 0.827. The highest BCUT2D eigenvalue weighted by Gasteiger charge is 2.16. The first-order valence-electron chi connectivity index (χ1n) is 6.27. The number of likely N-dealkylation sites (tertiary alicyclic amines) is 1. The van der Waals surface area contributed by atoms with Crippen molar-refractivity contribution in [3.05, 3.63) is 11.9 Å². The molecule has 2 heterocycles. The minimum atomic E-state index is 0.117. The highest BCUT2D eigenvalue weighted by molar-refractivity contribution is 5.81. The van der Waals surface area contributed by atoms with Crippen molar-refractivity contribution in [3.63, 3.8) is 0 Å². The Balaban J connectivity index is 1.90. The lowest BCUT2D eigenvalue weighted by Gasteiger charge is -2.26. The van der Waals surface area contributed by atoms with Crippen LogP contribution in [0.3, 0.4) is 0 Å². The topological polar surface area (TPSA) is 84.1 Å². The van der Waals surface area contributed by atoms with Crippen molar-refractivity contribution in [2.45, 2.75) is 26.2 Å². The summed E-state index contributed by atoms with van der Waals surface area (Å²) in [6, 6.07) is 0. The standard InChI is InChI=1S/C12H19N5O/c1-9-11(13)15-8-16-12(9)14-7-10(18)17-5-3-2-4-6-17/h8H,2-7H2,1H3,(H3,13,14,15,16). The Hall–Kier alpha value is -1.85. The molecule has 0 aliphatic carbocycles. The zero-order chi connectivity index (χ0) is 13.0. The van der Waals surface area contributed by atoms with E-state index in [1.165, 1.54) is 12.7 Å². The summed E-state index contributed by atoms with van der Waals surface area (Å²) in [7, 11) is 0. The van der Waals surface area contributed by atoms with Gasteiger partial charge in [0.15, 0.2) is 0 Å². The molecule has 6 nitrogen and oxygen atoms in total. The largest absolute Gasteiger partial charge is 0.383 e. The van der Waals surface area contributed by atoms with Crippen LogP contribution in [0.4, 0.5) is 11.6 Å². The molecule has 98 valence electrons. The number of nitrogens with two attached hydrogens (primary N) is 1. The number of anilines is 2. The zero-order valence-corrected chi connectivity index (χ0v) is 10.6. The molecule has 3 N–H and O–H groups in total. The number of nitrogens with zero attached hydrogens (tertiary/aromatic N) is 3. The number of hydrogen-bond donors (Lipinski definition) is 2. The van der Waals surface area contributed by atoms with Crippen LogP contribution < -0.4 is 11.1 Å². The van der Waals surface area contributed by atoms with E-state index >= 15 is 0 Å². The van der Waals surface area contributed by atoms with Crippen LogP contribution in [0.25, 0.3) is 0 Å². The van der Waals surface area contributed by atoms with Gasteiger partial charge in [0.05, 0.1) is 6.54 Å². The first-order chi connectivity index (χ1) is 8.68. The van der Waals surface area contributed by atoms with E-state index in [0.717, 1.165) is 31.5 Å². The Kier molecular flexibility index (Phi) is 3.96. The number of nitrogens with one attached hydrogen (secondary N) is 1. The van der Waals surface area contributed by atoms with E-state index < -0.39 is 0 Å². The molecule has 18 heavy (non-hydrogen) atoms. The molecule has 0 spiro atoms. The molecular formula is C12H19N5O. The fourth-order valence-corrected chi connectivity index (χ4v) is 2.06. The number of nitrogen functional groups attached to an aromatic ring is 1. The summed E-state index contributed by atoms with van der Waals surface area (Å²) in [6.45, 7) is 3.83. The van der Waals surface area contributed by atoms with Gasteiger partial charge in [0.2, 0.25) is 5.91 Å². The number of hydrogen-bond acceptors (Lipinski definition) is 5. The van der Waals surface area contributed by atoms with Crippen LogP contribution in [-0.2, 0) is 4.79 Å². The zero-order valence-electron chi connectivity index (χ0n) is 10.6. The van der Waals surface area contributed by atoms with Gasteiger partial charge in [-0.1, -0.05) is 0 Å². The number of carbonyl (C=O) groups excluding carboxylic acids is 1. The van der Waals surface area contributed by atoms with Crippen molar-refractivity contribution in [2.75, 3.05) is 30.7 Å². The molecule has 1 aromatic rings. The summed E-state index contributed by atoms with van der Waals surface area (Å²) >= 11 is 0. The van der Waals surface area contributed by atoms with E-state index in [1.54, 1.807) is 0 Å². The van der Waals surface area contributed by atoms with Gasteiger partial charge in [-0.25, -0.2) is 9.97 Å². The summed E-state index contributed by atoms with van der Waals surface area (Å²) in [5, 5.41) is 3.03. The lowest BCUT2D eigenvalue weighted by Crippen LogP contribution is -2.39. The number of piperidine rings is 1. The second kappa shape index (κ2) is 5.66. The summed E-state index contributed by atoms with van der Waals surface area (Å²) in [4.78, 5) is 21.8. The van der Waals surface area contributed by atoms with Crippen LogP contribution in [0.15, 0.2) is 6.33 Å². The number of rotatable bonds is 3. The van der Waals surface area contributed by atoms with Crippen LogP contribution in [0.2, 0.25) is 0 Å². The molecule has 1 aliphatic rings. The van der Waals surface area contributed by atoms with E-state index in [9.17, 15) is 4.79 Å². The fraction of sp³-hybridized carbons (Fsp3) is 0.583. The van der Waals surface area contributed by atoms with Crippen LogP contribution in [0.5, 0.6) is 0 Å². The summed E-state index contributed by atoms with van der Waals surface area (Å²) in [5.41, 5.74) is 6.46. The molecule has 1 aromatic heterocycles. The Labute approximate surface area is 107 Å². The van der Waals surface area contributed by atoms with Gasteiger partial charge in [-0.15, -0.1) is 0 Å². The monoisotopic (exact) mass is 249 g/mol. The first kappa shape index (κ1) is 12.6. The van der Waals surface area contributed by atoms with E-state index in [1.807, 2.05) is 11.8 Å². The normalized spacial score (nSPS) is 15.5. The van der Waals surface area contributed by atoms with Crippen molar-refractivity contribution in [3.8, 4) is 0 Å². The molecule has 0 bridgehead atoms. The smallest absolute Gasteiger partial charge is 0.241 e. The minimum Gasteiger partial charge on any atom is -0.383 e. The van der Waals surface area contributed by atoms with Crippen molar-refractivity contribution < 1.29 is 4.79 Å². The molecule has 1 saturated heterocycles. The Morgan fingerprint density at radius 1 is 1.39 bits per heavy atom. The second-order valence-corrected chi connectivity index (χ2v) is 4.53. The van der Waals surface area contributed by atoms with Crippen LogP contribution in [0, 0.1) is 6.92 Å². The molecular weight excluding hydrogens is 230 g/mol. The predicted molar refractivity (Wildman–Crippen MR) is 70.1 cm³/mol. The van der Waals surface area contributed by atoms with Gasteiger partial charge in [0.1, 0.15) is 18.0 Å². The van der Waals surface area contributed by atoms with Gasteiger partial charge in [0, 0.05) is 18.7 Å². The number of amides is 1. The maximum atomic E-state index is 12.0. The number of aromatic nitrogens is 2. The lowest BCUT2D eigenvalue weighted by molar-refractivity contribution is -0.130. The van der Waals surface area contributed by atoms with Gasteiger partial charge in [-0.3, -0.25) is 4.79 Å². The second-order valence-electron chi connectivity index (χ2n) is 4.53. The van der Waals surface area contributed by atoms with Crippen molar-refractivity contribution in [1.29, 1.82) is 0 Å². The summed E-state index contributed by atoms with van der Waals surface area (Å²) in [6.07, 6.45) is 4.82. The highest BCUT2D eigenvalue weighted by Crippen LogP contribution is 2.15. The number of carbonyl (C=O) groups is 1. The molecule has 0 aromatic carbocycles. The van der Waals surface area contributed by atoms with Crippen LogP contribution in [-0.4, -0.2) is 40.4 Å². The van der Waals surface area contributed by atoms with Crippen LogP contribution >= 0.6 is 0 Å². The van der Waals surface area contributed by atoms with E-state index in [2.05, 4.69) is 15.3 Å². The average molecular weight is 249 g/mol. The van der Waals surface area contributed by atoms with Crippen molar-refractivity contribution in [1.82, 2.24) is 14.9 Å². The van der Waals surface area contributed by atoms with Gasteiger partial charge in [-0.05, 0) is 26.2 Å². The Morgan fingerprint density at radius 2 is 2.11 bits per heavy atom. The summed E-state index contributed by atoms with van der Waals surface area (Å²) < 4.78 is 0. The van der Waals surface area contributed by atoms with Crippen molar-refractivity contribution >= 4 is 17.5 Å². The molecule has 0 saturated carbocycles. The Morgan fingerprint density at radius 3 is 2.83 bits per heavy atom. The molecule has 2 rings (SSSR count). The van der Waals surface area contributed by atoms with Crippen molar-refractivity contribution in [2.24, 2.45) is 0 Å². The molecule has 0 radical (unpaired) electrons. The third-order valence-electron chi connectivity index (χ3n) is 3.24. The molecule has 0 unspecified atom stereocenters. The first-order valence-corrected chi connectivity index (χ1v) is 6.27. The van der Waals surface area contributed by atoms with Gasteiger partial charge >= 0.3 is 0 Å². The Bertz CT molecular complexity index is 428. The molecule has 1 aliphatic heterocycles. The minimum absolute atomic E-state index is 0.117. The van der Waals surface area contributed by atoms with E-state index in [0.29, 0.717) is 11.6 Å². The van der Waals surface area contributed by atoms with Crippen LogP contribution in [0.1, 0.15) is 24.8 Å². The maximum absolute atomic E-state index is 12.0. The third kappa shape index (κ3) is 2.88. The van der Waals surface area contributed by atoms with E-state index in [4.69, 9.17) is 5.73 Å². The molecule has 6 heteroatoms. The van der Waals surface area contributed by atoms with Gasteiger partial charge in [0.25, 0.3) is 0 Å². The third-order valence-corrected chi connectivity index (χ3v) is 3.24. The average Bonchev–Trinajstić information content (AvgIpc) is 2.41. The SMILES string of the molecule is Cc1c(N)ncnc1NCC(=O)N1CCCCC1. The molecule has 1 fully saturated rings. The van der Waals surface area contributed by atoms with E-state index in [-0.39, 0.29) is 12.5 Å². The maximum Gasteiger partial charge on any atom is 0.241 e. The summed E-state index contributed by atoms with van der Waals surface area (Å²) in [5.74, 6) is 1.19.